The van der Waals surface area contributed by atoms with Crippen LogP contribution in [0.3, 0.4) is 0 Å². The summed E-state index contributed by atoms with van der Waals surface area (Å²) in [7, 11) is 0. The number of phenols is 1. The highest BCUT2D eigenvalue weighted by atomic mass is 79.9. The lowest BCUT2D eigenvalue weighted by Crippen LogP contribution is -1.85. The van der Waals surface area contributed by atoms with Gasteiger partial charge in [-0.05, 0) is 55.3 Å². The molecule has 1 N–H and O–H groups in total. The fourth-order valence-corrected chi connectivity index (χ4v) is 2.09. The van der Waals surface area contributed by atoms with Gasteiger partial charge in [0.25, 0.3) is 0 Å². The molecule has 1 aromatic carbocycles. The summed E-state index contributed by atoms with van der Waals surface area (Å²) in [5.41, 5.74) is 2.83. The second-order valence-electron chi connectivity index (χ2n) is 4.08. The number of hydrogen-bond acceptors (Lipinski definition) is 2. The average Bonchev–Trinajstić information content (AvgIpc) is 2.34. The van der Waals surface area contributed by atoms with E-state index in [2.05, 4.69) is 20.9 Å². The summed E-state index contributed by atoms with van der Waals surface area (Å²) < 4.78 is 0.970. The van der Waals surface area contributed by atoms with Crippen LogP contribution >= 0.6 is 15.9 Å². The Morgan fingerprint density at radius 3 is 2.89 bits per heavy atom. The molecule has 18 heavy (non-hydrogen) atoms. The molecule has 0 radical (unpaired) electrons. The Morgan fingerprint density at radius 1 is 1.28 bits per heavy atom. The zero-order chi connectivity index (χ0) is 13.0. The standard InChI is InChI=1S/C15H14BrNO/c1-11-4-2-6-14(17-11)7-3-5-12-10-13(16)8-9-15(12)18/h2-4,6-10,18H,5H2,1H3/b7-3+. The second kappa shape index (κ2) is 5.83. The molecule has 92 valence electrons. The molecule has 2 rings (SSSR count). The van der Waals surface area contributed by atoms with E-state index in [1.165, 1.54) is 0 Å². The summed E-state index contributed by atoms with van der Waals surface area (Å²) in [5, 5.41) is 9.71. The molecule has 0 bridgehead atoms. The van der Waals surface area contributed by atoms with Crippen molar-refractivity contribution in [1.29, 1.82) is 0 Å². The molecule has 0 aliphatic heterocycles. The molecule has 1 heterocycles. The van der Waals surface area contributed by atoms with E-state index in [0.717, 1.165) is 21.4 Å². The average molecular weight is 304 g/mol. The Balaban J connectivity index is 2.09. The van der Waals surface area contributed by atoms with Crippen molar-refractivity contribution in [2.45, 2.75) is 13.3 Å². The van der Waals surface area contributed by atoms with Crippen LogP contribution in [0.15, 0.2) is 46.9 Å². The first-order chi connectivity index (χ1) is 8.65. The van der Waals surface area contributed by atoms with Crippen molar-refractivity contribution in [3.8, 4) is 5.75 Å². The Labute approximate surface area is 115 Å². The van der Waals surface area contributed by atoms with E-state index in [0.29, 0.717) is 12.2 Å². The molecule has 0 saturated carbocycles. The molecule has 1 aromatic heterocycles. The molecular weight excluding hydrogens is 290 g/mol. The molecule has 0 saturated heterocycles. The number of halogens is 1. The molecular formula is C15H14BrNO. The minimum atomic E-state index is 0.319. The van der Waals surface area contributed by atoms with Gasteiger partial charge in [-0.1, -0.05) is 28.1 Å². The molecule has 3 heteroatoms. The van der Waals surface area contributed by atoms with Gasteiger partial charge in [0.05, 0.1) is 5.69 Å². The number of phenolic OH excluding ortho intramolecular Hbond substituents is 1. The maximum Gasteiger partial charge on any atom is 0.119 e. The summed E-state index contributed by atoms with van der Waals surface area (Å²) in [4.78, 5) is 4.39. The van der Waals surface area contributed by atoms with Crippen LogP contribution in [-0.4, -0.2) is 10.1 Å². The van der Waals surface area contributed by atoms with Gasteiger partial charge in [-0.15, -0.1) is 0 Å². The van der Waals surface area contributed by atoms with E-state index < -0.39 is 0 Å². The number of pyridine rings is 1. The second-order valence-corrected chi connectivity index (χ2v) is 5.00. The van der Waals surface area contributed by atoms with Gasteiger partial charge in [-0.2, -0.15) is 0 Å². The van der Waals surface area contributed by atoms with Crippen LogP contribution in [0.4, 0.5) is 0 Å². The van der Waals surface area contributed by atoms with Crippen LogP contribution in [0.2, 0.25) is 0 Å². The van der Waals surface area contributed by atoms with E-state index in [1.807, 2.05) is 49.4 Å². The Bertz CT molecular complexity index is 578. The van der Waals surface area contributed by atoms with Gasteiger partial charge in [0, 0.05) is 10.2 Å². The number of aryl methyl sites for hydroxylation is 1. The van der Waals surface area contributed by atoms with Gasteiger partial charge < -0.3 is 5.11 Å². The van der Waals surface area contributed by atoms with Crippen LogP contribution in [0.25, 0.3) is 6.08 Å². The largest absolute Gasteiger partial charge is 0.508 e. The third-order valence-corrected chi connectivity index (χ3v) is 3.07. The van der Waals surface area contributed by atoms with Crippen LogP contribution in [-0.2, 0) is 6.42 Å². The zero-order valence-corrected chi connectivity index (χ0v) is 11.7. The number of hydrogen-bond donors (Lipinski definition) is 1. The van der Waals surface area contributed by atoms with Crippen molar-refractivity contribution in [3.05, 3.63) is 63.9 Å². The van der Waals surface area contributed by atoms with Gasteiger partial charge >= 0.3 is 0 Å². The molecule has 0 amide bonds. The lowest BCUT2D eigenvalue weighted by Gasteiger charge is -2.01. The van der Waals surface area contributed by atoms with Gasteiger partial charge in [0.15, 0.2) is 0 Å². The monoisotopic (exact) mass is 303 g/mol. The van der Waals surface area contributed by atoms with E-state index in [9.17, 15) is 5.11 Å². The third kappa shape index (κ3) is 3.44. The first-order valence-electron chi connectivity index (χ1n) is 5.73. The highest BCUT2D eigenvalue weighted by molar-refractivity contribution is 9.10. The highest BCUT2D eigenvalue weighted by Gasteiger charge is 1.99. The topological polar surface area (TPSA) is 33.1 Å². The normalized spacial score (nSPS) is 11.0. The lowest BCUT2D eigenvalue weighted by atomic mass is 10.1. The van der Waals surface area contributed by atoms with Gasteiger partial charge in [-0.3, -0.25) is 4.98 Å². The highest BCUT2D eigenvalue weighted by Crippen LogP contribution is 2.22. The molecule has 2 aromatic rings. The SMILES string of the molecule is Cc1cccc(/C=C/Cc2cc(Br)ccc2O)n1. The summed E-state index contributed by atoms with van der Waals surface area (Å²) in [6, 6.07) is 11.4. The molecule has 0 unspecified atom stereocenters. The van der Waals surface area contributed by atoms with Crippen molar-refractivity contribution < 1.29 is 5.11 Å². The zero-order valence-electron chi connectivity index (χ0n) is 10.1. The Morgan fingerprint density at radius 2 is 2.11 bits per heavy atom. The summed E-state index contributed by atoms with van der Waals surface area (Å²) in [5.74, 6) is 0.319. The van der Waals surface area contributed by atoms with Crippen molar-refractivity contribution in [2.75, 3.05) is 0 Å². The van der Waals surface area contributed by atoms with E-state index in [1.54, 1.807) is 6.07 Å². The summed E-state index contributed by atoms with van der Waals surface area (Å²) >= 11 is 3.40. The first kappa shape index (κ1) is 12.8. The number of allylic oxidation sites excluding steroid dienone is 1. The molecule has 0 spiro atoms. The van der Waals surface area contributed by atoms with Crippen LogP contribution in [0.5, 0.6) is 5.75 Å². The van der Waals surface area contributed by atoms with Crippen LogP contribution in [0.1, 0.15) is 17.0 Å². The quantitative estimate of drug-likeness (QED) is 0.925. The summed E-state index contributed by atoms with van der Waals surface area (Å²) in [6.45, 7) is 1.97. The molecule has 0 aliphatic carbocycles. The van der Waals surface area contributed by atoms with Crippen LogP contribution < -0.4 is 0 Å². The number of aromatic nitrogens is 1. The fourth-order valence-electron chi connectivity index (χ4n) is 1.68. The van der Waals surface area contributed by atoms with Gasteiger partial charge in [-0.25, -0.2) is 0 Å². The molecule has 0 atom stereocenters. The summed E-state index contributed by atoms with van der Waals surface area (Å²) in [6.07, 6.45) is 4.65. The van der Waals surface area contributed by atoms with Crippen molar-refractivity contribution in [3.63, 3.8) is 0 Å². The van der Waals surface area contributed by atoms with E-state index >= 15 is 0 Å². The number of benzene rings is 1. The maximum atomic E-state index is 9.71. The predicted molar refractivity (Wildman–Crippen MR) is 77.5 cm³/mol. The van der Waals surface area contributed by atoms with Crippen LogP contribution in [0, 0.1) is 6.92 Å². The minimum Gasteiger partial charge on any atom is -0.508 e. The molecule has 0 fully saturated rings. The minimum absolute atomic E-state index is 0.319. The fraction of sp³-hybridized carbons (Fsp3) is 0.133. The lowest BCUT2D eigenvalue weighted by molar-refractivity contribution is 0.469. The van der Waals surface area contributed by atoms with Crippen molar-refractivity contribution in [2.24, 2.45) is 0 Å². The Kier molecular flexibility index (Phi) is 4.15. The third-order valence-electron chi connectivity index (χ3n) is 2.58. The number of aromatic hydroxyl groups is 1. The Hall–Kier alpha value is -1.61. The van der Waals surface area contributed by atoms with E-state index in [4.69, 9.17) is 0 Å². The van der Waals surface area contributed by atoms with E-state index in [-0.39, 0.29) is 0 Å². The maximum absolute atomic E-state index is 9.71. The molecule has 0 aliphatic rings. The number of nitrogens with zero attached hydrogens (tertiary/aromatic N) is 1. The predicted octanol–water partition coefficient (Wildman–Crippen LogP) is 4.11. The van der Waals surface area contributed by atoms with Gasteiger partial charge in [0.1, 0.15) is 5.75 Å². The van der Waals surface area contributed by atoms with Crippen molar-refractivity contribution >= 4 is 22.0 Å². The van der Waals surface area contributed by atoms with Crippen molar-refractivity contribution in [1.82, 2.24) is 4.98 Å². The smallest absolute Gasteiger partial charge is 0.119 e. The molecule has 2 nitrogen and oxygen atoms in total. The number of rotatable bonds is 3. The first-order valence-corrected chi connectivity index (χ1v) is 6.52. The van der Waals surface area contributed by atoms with Gasteiger partial charge in [0.2, 0.25) is 0 Å².